The average Bonchev–Trinajstić information content (AvgIpc) is 2.69. The maximum absolute atomic E-state index is 11.8. The summed E-state index contributed by atoms with van der Waals surface area (Å²) in [6, 6.07) is 3.38. The number of nitrogens with zero attached hydrogens (tertiary/aromatic N) is 5. The molecule has 2 heterocycles. The van der Waals surface area contributed by atoms with Gasteiger partial charge < -0.3 is 0 Å². The highest BCUT2D eigenvalue weighted by Gasteiger charge is 2.06. The Morgan fingerprint density at radius 1 is 1.41 bits per heavy atom. The van der Waals surface area contributed by atoms with Gasteiger partial charge in [0.1, 0.15) is 0 Å². The fourth-order valence-corrected chi connectivity index (χ4v) is 1.42. The maximum Gasteiger partial charge on any atom is 0.372 e. The van der Waals surface area contributed by atoms with Crippen molar-refractivity contribution in [3.63, 3.8) is 0 Å². The topological polar surface area (TPSA) is 82.7 Å². The Labute approximate surface area is 98.8 Å². The molecule has 0 bridgehead atoms. The molecule has 2 aromatic heterocycles. The van der Waals surface area contributed by atoms with Gasteiger partial charge in [-0.15, -0.1) is 0 Å². The van der Waals surface area contributed by atoms with Crippen LogP contribution >= 0.6 is 0 Å². The molecule has 0 aliphatic heterocycles. The Morgan fingerprint density at radius 2 is 2.24 bits per heavy atom. The van der Waals surface area contributed by atoms with Crippen molar-refractivity contribution in [1.82, 2.24) is 24.8 Å². The third kappa shape index (κ3) is 2.53. The Morgan fingerprint density at radius 3 is 2.88 bits per heavy atom. The van der Waals surface area contributed by atoms with Crippen molar-refractivity contribution in [1.29, 1.82) is 0 Å². The monoisotopic (exact) mass is 251 g/mol. The molecule has 1 unspecified atom stereocenters. The van der Waals surface area contributed by atoms with Crippen LogP contribution in [0.5, 0.6) is 0 Å². The van der Waals surface area contributed by atoms with Gasteiger partial charge in [-0.3, -0.25) is 9.19 Å². The van der Waals surface area contributed by atoms with Gasteiger partial charge in [0.25, 0.3) is 0 Å². The lowest BCUT2D eigenvalue weighted by Gasteiger charge is -1.94. The third-order valence-electron chi connectivity index (χ3n) is 1.89. The Hall–Kier alpha value is -2.09. The normalized spacial score (nSPS) is 13.0. The van der Waals surface area contributed by atoms with Crippen molar-refractivity contribution in [2.24, 2.45) is 0 Å². The highest BCUT2D eigenvalue weighted by atomic mass is 32.2. The molecule has 8 heteroatoms. The largest absolute Gasteiger partial charge is 0.372 e. The quantitative estimate of drug-likeness (QED) is 0.743. The number of aromatic nitrogens is 5. The molecule has 88 valence electrons. The van der Waals surface area contributed by atoms with Crippen molar-refractivity contribution < 1.29 is 4.21 Å². The van der Waals surface area contributed by atoms with Crippen LogP contribution in [-0.4, -0.2) is 35.2 Å². The van der Waals surface area contributed by atoms with E-state index in [1.165, 1.54) is 24.1 Å². The standard InChI is InChI=1S/C9H9N5O2S/c1-17(16)6-5-13-9(15)14(12-11-13)8-3-2-4-10-7-8/h2-7H,1H3/b6-5+. The number of hydrogen-bond acceptors (Lipinski definition) is 5. The van der Waals surface area contributed by atoms with Crippen LogP contribution in [0, 0.1) is 0 Å². The summed E-state index contributed by atoms with van der Waals surface area (Å²) < 4.78 is 13.0. The molecule has 0 aliphatic rings. The molecule has 0 fully saturated rings. The molecule has 17 heavy (non-hydrogen) atoms. The number of rotatable bonds is 3. The van der Waals surface area contributed by atoms with E-state index in [4.69, 9.17) is 0 Å². The Kier molecular flexibility index (Phi) is 3.24. The van der Waals surface area contributed by atoms with Gasteiger partial charge in [-0.2, -0.15) is 9.36 Å². The van der Waals surface area contributed by atoms with Crippen LogP contribution in [0.3, 0.4) is 0 Å². The molecular formula is C9H9N5O2S. The minimum Gasteiger partial charge on any atom is -0.262 e. The van der Waals surface area contributed by atoms with Gasteiger partial charge in [-0.1, -0.05) is 0 Å². The molecule has 0 amide bonds. The molecule has 0 saturated heterocycles. The first-order chi connectivity index (χ1) is 8.18. The van der Waals surface area contributed by atoms with Gasteiger partial charge in [-0.05, 0) is 22.6 Å². The molecule has 1 atom stereocenters. The Balaban J connectivity index is 2.41. The molecular weight excluding hydrogens is 242 g/mol. The number of hydrogen-bond donors (Lipinski definition) is 0. The van der Waals surface area contributed by atoms with E-state index >= 15 is 0 Å². The third-order valence-corrected chi connectivity index (χ3v) is 2.39. The van der Waals surface area contributed by atoms with Crippen LogP contribution in [0.15, 0.2) is 34.7 Å². The molecule has 0 N–H and O–H groups in total. The fraction of sp³-hybridized carbons (Fsp3) is 0.111. The summed E-state index contributed by atoms with van der Waals surface area (Å²) in [7, 11) is -1.14. The summed E-state index contributed by atoms with van der Waals surface area (Å²) in [5.41, 5.74) is 0.0782. The van der Waals surface area contributed by atoms with Gasteiger partial charge in [0.15, 0.2) is 0 Å². The zero-order valence-corrected chi connectivity index (χ0v) is 9.74. The highest BCUT2D eigenvalue weighted by Crippen LogP contribution is 1.97. The summed E-state index contributed by atoms with van der Waals surface area (Å²) in [6.45, 7) is 0. The summed E-state index contributed by atoms with van der Waals surface area (Å²) in [5, 5.41) is 8.67. The molecule has 0 spiro atoms. The first-order valence-corrected chi connectivity index (χ1v) is 6.26. The van der Waals surface area contributed by atoms with Crippen molar-refractivity contribution in [2.45, 2.75) is 0 Å². The van der Waals surface area contributed by atoms with Gasteiger partial charge in [0.2, 0.25) is 0 Å². The molecule has 2 rings (SSSR count). The lowest BCUT2D eigenvalue weighted by molar-refractivity contribution is 0.691. The van der Waals surface area contributed by atoms with E-state index in [2.05, 4.69) is 15.4 Å². The van der Waals surface area contributed by atoms with Crippen LogP contribution in [-0.2, 0) is 10.8 Å². The van der Waals surface area contributed by atoms with E-state index in [0.29, 0.717) is 5.69 Å². The molecule has 0 radical (unpaired) electrons. The van der Waals surface area contributed by atoms with Gasteiger partial charge in [0.05, 0.1) is 11.9 Å². The Bertz CT molecular complexity index is 616. The van der Waals surface area contributed by atoms with Crippen molar-refractivity contribution >= 4 is 17.0 Å². The summed E-state index contributed by atoms with van der Waals surface area (Å²) in [4.78, 5) is 15.7. The molecule has 7 nitrogen and oxygen atoms in total. The number of pyridine rings is 1. The second kappa shape index (κ2) is 4.83. The molecule has 0 aliphatic carbocycles. The molecule has 2 aromatic rings. The molecule has 0 aromatic carbocycles. The first-order valence-electron chi connectivity index (χ1n) is 4.64. The average molecular weight is 251 g/mol. The van der Waals surface area contributed by atoms with E-state index in [1.54, 1.807) is 18.3 Å². The van der Waals surface area contributed by atoms with E-state index < -0.39 is 16.5 Å². The second-order valence-electron chi connectivity index (χ2n) is 3.11. The van der Waals surface area contributed by atoms with Crippen molar-refractivity contribution in [3.8, 4) is 5.69 Å². The lowest BCUT2D eigenvalue weighted by atomic mass is 10.4. The molecule has 0 saturated carbocycles. The predicted molar refractivity (Wildman–Crippen MR) is 62.8 cm³/mol. The minimum absolute atomic E-state index is 0.445. The fourth-order valence-electron chi connectivity index (χ4n) is 1.13. The van der Waals surface area contributed by atoms with E-state index in [9.17, 15) is 9.00 Å². The maximum atomic E-state index is 11.8. The van der Waals surface area contributed by atoms with Crippen LogP contribution in [0.25, 0.3) is 11.9 Å². The van der Waals surface area contributed by atoms with Crippen LogP contribution in [0.2, 0.25) is 0 Å². The van der Waals surface area contributed by atoms with Crippen LogP contribution < -0.4 is 5.69 Å². The summed E-state index contributed by atoms with van der Waals surface area (Å²) in [6.07, 6.45) is 5.91. The first kappa shape index (κ1) is 11.4. The lowest BCUT2D eigenvalue weighted by Crippen LogP contribution is -2.21. The SMILES string of the molecule is CS(=O)/C=C/n1nnn(-c2cccnc2)c1=O. The van der Waals surface area contributed by atoms with Gasteiger partial charge in [0, 0.05) is 34.9 Å². The van der Waals surface area contributed by atoms with Crippen LogP contribution in [0.4, 0.5) is 0 Å². The van der Waals surface area contributed by atoms with E-state index in [0.717, 1.165) is 9.36 Å². The minimum atomic E-state index is -1.14. The zero-order valence-electron chi connectivity index (χ0n) is 8.92. The predicted octanol–water partition coefficient (Wildman–Crippen LogP) is -0.369. The van der Waals surface area contributed by atoms with Crippen molar-refractivity contribution in [2.75, 3.05) is 6.26 Å². The van der Waals surface area contributed by atoms with Crippen molar-refractivity contribution in [3.05, 3.63) is 40.4 Å². The van der Waals surface area contributed by atoms with E-state index in [1.807, 2.05) is 0 Å². The van der Waals surface area contributed by atoms with Crippen LogP contribution in [0.1, 0.15) is 0 Å². The highest BCUT2D eigenvalue weighted by molar-refractivity contribution is 7.87. The second-order valence-corrected chi connectivity index (χ2v) is 4.38. The number of tetrazole rings is 1. The van der Waals surface area contributed by atoms with E-state index in [-0.39, 0.29) is 0 Å². The summed E-state index contributed by atoms with van der Waals surface area (Å²) in [5.74, 6) is 0. The van der Waals surface area contributed by atoms with Gasteiger partial charge >= 0.3 is 5.69 Å². The zero-order chi connectivity index (χ0) is 12.3. The van der Waals surface area contributed by atoms with Gasteiger partial charge in [-0.25, -0.2) is 4.79 Å². The smallest absolute Gasteiger partial charge is 0.262 e. The summed E-state index contributed by atoms with van der Waals surface area (Å²) >= 11 is 0.